The van der Waals surface area contributed by atoms with Crippen molar-refractivity contribution in [3.63, 3.8) is 0 Å². The number of nitrogens with two attached hydrogens (primary N) is 1. The Bertz CT molecular complexity index is 599. The van der Waals surface area contributed by atoms with Crippen molar-refractivity contribution in [2.45, 2.75) is 0 Å². The summed E-state index contributed by atoms with van der Waals surface area (Å²) < 4.78 is 15.7. The second kappa shape index (κ2) is 5.87. The molecule has 0 spiro atoms. The van der Waals surface area contributed by atoms with Gasteiger partial charge in [-0.15, -0.1) is 0 Å². The summed E-state index contributed by atoms with van der Waals surface area (Å²) in [5, 5.41) is 14.5. The number of rotatable bonds is 5. The predicted molar refractivity (Wildman–Crippen MR) is 71.3 cm³/mol. The molecule has 0 amide bonds. The first kappa shape index (κ1) is 13.6. The molecule has 0 radical (unpaired) electrons. The Morgan fingerprint density at radius 2 is 1.80 bits per heavy atom. The summed E-state index contributed by atoms with van der Waals surface area (Å²) in [6.45, 7) is 0. The highest BCUT2D eigenvalue weighted by atomic mass is 16.5. The monoisotopic (exact) mass is 278 g/mol. The van der Waals surface area contributed by atoms with Gasteiger partial charge in [0.25, 0.3) is 5.95 Å². The van der Waals surface area contributed by atoms with Gasteiger partial charge in [-0.3, -0.25) is 0 Å². The molecule has 0 aliphatic rings. The van der Waals surface area contributed by atoms with Crippen molar-refractivity contribution in [3.05, 3.63) is 17.7 Å². The summed E-state index contributed by atoms with van der Waals surface area (Å²) in [7, 11) is 4.62. The lowest BCUT2D eigenvalue weighted by Crippen LogP contribution is -2.00. The Kier molecular flexibility index (Phi) is 3.99. The smallest absolute Gasteiger partial charge is 0.263 e. The fourth-order valence-corrected chi connectivity index (χ4v) is 1.57. The lowest BCUT2D eigenvalue weighted by Gasteiger charge is -2.12. The van der Waals surface area contributed by atoms with Crippen molar-refractivity contribution in [1.29, 1.82) is 0 Å². The molecule has 0 saturated carbocycles. The summed E-state index contributed by atoms with van der Waals surface area (Å²) in [6, 6.07) is 3.48. The van der Waals surface area contributed by atoms with Gasteiger partial charge in [-0.05, 0) is 22.6 Å². The Morgan fingerprint density at radius 3 is 2.25 bits per heavy atom. The Morgan fingerprint density at radius 1 is 1.15 bits per heavy atom. The van der Waals surface area contributed by atoms with Crippen LogP contribution in [0, 0.1) is 0 Å². The van der Waals surface area contributed by atoms with Crippen LogP contribution in [0.25, 0.3) is 0 Å². The maximum atomic E-state index is 5.51. The summed E-state index contributed by atoms with van der Waals surface area (Å²) in [6.07, 6.45) is 1.52. The molecule has 9 heteroatoms. The van der Waals surface area contributed by atoms with Crippen LogP contribution >= 0.6 is 0 Å². The second-order valence-electron chi connectivity index (χ2n) is 3.63. The molecule has 2 rings (SSSR count). The molecule has 9 nitrogen and oxygen atoms in total. The van der Waals surface area contributed by atoms with Crippen LogP contribution in [-0.2, 0) is 0 Å². The average molecular weight is 278 g/mol. The minimum Gasteiger partial charge on any atom is -0.493 e. The fourth-order valence-electron chi connectivity index (χ4n) is 1.57. The molecule has 106 valence electrons. The Hall–Kier alpha value is -2.84. The van der Waals surface area contributed by atoms with Crippen molar-refractivity contribution in [1.82, 2.24) is 20.3 Å². The number of hydrogen-bond donors (Lipinski definition) is 1. The van der Waals surface area contributed by atoms with Gasteiger partial charge in [0.2, 0.25) is 5.75 Å². The van der Waals surface area contributed by atoms with Gasteiger partial charge in [0.1, 0.15) is 0 Å². The number of anilines is 1. The molecule has 0 saturated heterocycles. The molecular weight excluding hydrogens is 264 g/mol. The number of methoxy groups -OCH3 is 3. The van der Waals surface area contributed by atoms with Crippen LogP contribution in [0.2, 0.25) is 0 Å². The maximum absolute atomic E-state index is 5.51. The molecule has 0 bridgehead atoms. The molecule has 2 N–H and O–H groups in total. The van der Waals surface area contributed by atoms with Gasteiger partial charge < -0.3 is 19.9 Å². The third-order valence-corrected chi connectivity index (χ3v) is 2.48. The van der Waals surface area contributed by atoms with Crippen molar-refractivity contribution < 1.29 is 14.2 Å². The zero-order valence-electron chi connectivity index (χ0n) is 11.3. The maximum Gasteiger partial charge on any atom is 0.263 e. The molecular formula is C11H14N6O3. The lowest BCUT2D eigenvalue weighted by atomic mass is 10.2. The first-order valence-corrected chi connectivity index (χ1v) is 5.57. The summed E-state index contributed by atoms with van der Waals surface area (Å²) >= 11 is 0. The molecule has 0 aliphatic heterocycles. The van der Waals surface area contributed by atoms with Gasteiger partial charge in [-0.25, -0.2) is 0 Å². The molecule has 0 aliphatic carbocycles. The van der Waals surface area contributed by atoms with Gasteiger partial charge in [-0.2, -0.15) is 5.10 Å². The topological polar surface area (TPSA) is 110 Å². The SMILES string of the molecule is COc1cc(/C=N\n2nnnc2N)cc(OC)c1OC. The first-order chi connectivity index (χ1) is 9.69. The van der Waals surface area contributed by atoms with Gasteiger partial charge in [0.05, 0.1) is 27.5 Å². The average Bonchev–Trinajstić information content (AvgIpc) is 2.89. The van der Waals surface area contributed by atoms with Crippen LogP contribution in [0.5, 0.6) is 17.2 Å². The molecule has 1 aromatic carbocycles. The van der Waals surface area contributed by atoms with Crippen LogP contribution < -0.4 is 19.9 Å². The zero-order chi connectivity index (χ0) is 14.5. The third kappa shape index (κ3) is 2.60. The number of nitrogen functional groups attached to an aromatic ring is 1. The van der Waals surface area contributed by atoms with Gasteiger partial charge in [0.15, 0.2) is 11.5 Å². The van der Waals surface area contributed by atoms with Crippen molar-refractivity contribution in [2.24, 2.45) is 5.10 Å². The normalized spacial score (nSPS) is 10.8. The molecule has 20 heavy (non-hydrogen) atoms. The van der Waals surface area contributed by atoms with E-state index in [1.54, 1.807) is 12.1 Å². The molecule has 1 aromatic heterocycles. The summed E-state index contributed by atoms with van der Waals surface area (Å²) in [4.78, 5) is 1.10. The summed E-state index contributed by atoms with van der Waals surface area (Å²) in [5.41, 5.74) is 6.22. The van der Waals surface area contributed by atoms with Crippen molar-refractivity contribution in [3.8, 4) is 17.2 Å². The molecule has 0 unspecified atom stereocenters. The zero-order valence-corrected chi connectivity index (χ0v) is 11.3. The number of ether oxygens (including phenoxy) is 3. The van der Waals surface area contributed by atoms with Gasteiger partial charge in [-0.1, -0.05) is 9.89 Å². The Labute approximate surface area is 114 Å². The fraction of sp³-hybridized carbons (Fsp3) is 0.273. The quantitative estimate of drug-likeness (QED) is 0.776. The van der Waals surface area contributed by atoms with E-state index >= 15 is 0 Å². The highest BCUT2D eigenvalue weighted by Gasteiger charge is 2.12. The summed E-state index contributed by atoms with van der Waals surface area (Å²) in [5.74, 6) is 1.65. The number of hydrogen-bond acceptors (Lipinski definition) is 8. The van der Waals surface area contributed by atoms with Crippen LogP contribution in [0.15, 0.2) is 17.2 Å². The van der Waals surface area contributed by atoms with E-state index in [1.165, 1.54) is 27.5 Å². The molecule has 1 heterocycles. The van der Waals surface area contributed by atoms with Crippen LogP contribution in [0.3, 0.4) is 0 Å². The van der Waals surface area contributed by atoms with E-state index in [9.17, 15) is 0 Å². The highest BCUT2D eigenvalue weighted by Crippen LogP contribution is 2.37. The lowest BCUT2D eigenvalue weighted by molar-refractivity contribution is 0.324. The van der Waals surface area contributed by atoms with E-state index in [4.69, 9.17) is 19.9 Å². The van der Waals surface area contributed by atoms with Crippen LogP contribution in [0.4, 0.5) is 5.95 Å². The molecule has 0 atom stereocenters. The molecule has 2 aromatic rings. The van der Waals surface area contributed by atoms with E-state index in [2.05, 4.69) is 20.6 Å². The largest absolute Gasteiger partial charge is 0.493 e. The van der Waals surface area contributed by atoms with Crippen LogP contribution in [0.1, 0.15) is 5.56 Å². The van der Waals surface area contributed by atoms with E-state index < -0.39 is 0 Å². The van der Waals surface area contributed by atoms with E-state index in [-0.39, 0.29) is 5.95 Å². The van der Waals surface area contributed by atoms with E-state index in [1.807, 2.05) is 0 Å². The van der Waals surface area contributed by atoms with E-state index in [0.29, 0.717) is 17.2 Å². The standard InChI is InChI=1S/C11H14N6O3/c1-18-8-4-7(5-9(19-2)10(8)20-3)6-13-17-11(12)14-15-16-17/h4-6H,1-3H3,(H2,12,14,16)/b13-6-. The highest BCUT2D eigenvalue weighted by molar-refractivity contribution is 5.82. The number of aromatic nitrogens is 4. The van der Waals surface area contributed by atoms with Crippen LogP contribution in [-0.4, -0.2) is 47.9 Å². The van der Waals surface area contributed by atoms with Crippen molar-refractivity contribution >= 4 is 12.2 Å². The minimum atomic E-state index is 0.0914. The van der Waals surface area contributed by atoms with Gasteiger partial charge in [0, 0.05) is 5.56 Å². The van der Waals surface area contributed by atoms with Gasteiger partial charge >= 0.3 is 0 Å². The second-order valence-corrected chi connectivity index (χ2v) is 3.63. The molecule has 0 fully saturated rings. The van der Waals surface area contributed by atoms with Crippen molar-refractivity contribution in [2.75, 3.05) is 27.1 Å². The number of tetrazole rings is 1. The number of benzene rings is 1. The third-order valence-electron chi connectivity index (χ3n) is 2.48. The number of nitrogens with zero attached hydrogens (tertiary/aromatic N) is 5. The first-order valence-electron chi connectivity index (χ1n) is 5.57. The Balaban J connectivity index is 2.37. The van der Waals surface area contributed by atoms with E-state index in [0.717, 1.165) is 10.4 Å². The minimum absolute atomic E-state index is 0.0914. The predicted octanol–water partition coefficient (Wildman–Crippen LogP) is 0.163.